The average molecular weight is 478 g/mol. The molecular weight excluding hydrogens is 442 g/mol. The van der Waals surface area contributed by atoms with Crippen LogP contribution < -0.4 is 21.3 Å². The molecule has 0 aliphatic heterocycles. The second-order valence-electron chi connectivity index (χ2n) is 8.37. The molecule has 0 radical (unpaired) electrons. The first kappa shape index (κ1) is 27.4. The minimum Gasteiger partial charge on any atom is -0.465 e. The highest BCUT2D eigenvalue weighted by molar-refractivity contribution is 5.96. The lowest BCUT2D eigenvalue weighted by Crippen LogP contribution is -2.44. The number of hydrogen-bond donors (Lipinski definition) is 4. The molecule has 2 rings (SSSR count). The van der Waals surface area contributed by atoms with Gasteiger partial charge in [-0.3, -0.25) is 20.3 Å². The van der Waals surface area contributed by atoms with Gasteiger partial charge in [-0.25, -0.2) is 0 Å². The minimum absolute atomic E-state index is 0.00698. The summed E-state index contributed by atoms with van der Waals surface area (Å²) < 4.78 is 4.89. The van der Waals surface area contributed by atoms with Gasteiger partial charge in [0.2, 0.25) is 5.91 Å². The van der Waals surface area contributed by atoms with Gasteiger partial charge in [-0.2, -0.15) is 0 Å². The largest absolute Gasteiger partial charge is 0.465 e. The van der Waals surface area contributed by atoms with Crippen LogP contribution in [0.2, 0.25) is 0 Å². The molecule has 0 aliphatic carbocycles. The fourth-order valence-corrected chi connectivity index (χ4v) is 3.52. The lowest BCUT2D eigenvalue weighted by molar-refractivity contribution is -0.142. The first-order valence-electron chi connectivity index (χ1n) is 11.6. The fourth-order valence-electron chi connectivity index (χ4n) is 3.52. The number of nitrogen functional groups attached to an aromatic ring is 1. The molecule has 0 unspecified atom stereocenters. The van der Waals surface area contributed by atoms with E-state index in [-0.39, 0.29) is 36.8 Å². The van der Waals surface area contributed by atoms with Crippen LogP contribution in [0.4, 0.5) is 11.4 Å². The summed E-state index contributed by atoms with van der Waals surface area (Å²) in [5.41, 5.74) is 10.7. The summed E-state index contributed by atoms with van der Waals surface area (Å²) >= 11 is 0. The van der Waals surface area contributed by atoms with Crippen LogP contribution in [0.5, 0.6) is 0 Å². The maximum Gasteiger partial charge on any atom is 0.319 e. The number of amidine groups is 1. The first-order chi connectivity index (χ1) is 16.6. The third-order valence-corrected chi connectivity index (χ3v) is 5.24. The van der Waals surface area contributed by atoms with Gasteiger partial charge in [0.1, 0.15) is 5.84 Å². The summed E-state index contributed by atoms with van der Waals surface area (Å²) in [5.74, 6) is 5.88. The van der Waals surface area contributed by atoms with Crippen molar-refractivity contribution >= 4 is 29.1 Å². The van der Waals surface area contributed by atoms with E-state index < -0.39 is 0 Å². The van der Waals surface area contributed by atoms with Crippen LogP contribution in [0.3, 0.4) is 0 Å². The number of carbonyl (C=O) groups excluding carboxylic acids is 2. The fraction of sp³-hybridized carbons (Fsp3) is 0.370. The molecule has 0 heterocycles. The third kappa shape index (κ3) is 8.16. The van der Waals surface area contributed by atoms with Crippen molar-refractivity contribution < 1.29 is 14.3 Å². The molecule has 0 bridgehead atoms. The van der Waals surface area contributed by atoms with Gasteiger partial charge in [0, 0.05) is 28.5 Å². The van der Waals surface area contributed by atoms with Crippen LogP contribution in [0.15, 0.2) is 36.4 Å². The number of carbonyl (C=O) groups is 2. The second kappa shape index (κ2) is 13.2. The summed E-state index contributed by atoms with van der Waals surface area (Å²) in [6.07, 6.45) is 0. The van der Waals surface area contributed by atoms with Crippen molar-refractivity contribution in [2.75, 3.05) is 36.5 Å². The number of amides is 1. The van der Waals surface area contributed by atoms with Crippen molar-refractivity contribution in [3.05, 3.63) is 58.7 Å². The molecule has 0 atom stereocenters. The van der Waals surface area contributed by atoms with E-state index in [0.717, 1.165) is 28.1 Å². The molecule has 0 fully saturated rings. The zero-order valence-corrected chi connectivity index (χ0v) is 21.1. The first-order valence-corrected chi connectivity index (χ1v) is 11.6. The highest BCUT2D eigenvalue weighted by Crippen LogP contribution is 2.26. The topological polar surface area (TPSA) is 121 Å². The standard InChI is InChI=1S/C27H35N5O3/c1-6-35-26(34)17-30-16-25(33)32(18(2)3)24-15-19(4)22(14-20(24)5)8-7-13-31-23-11-9-21(10-12-23)27(28)29/h9-12,14-15,18,30-31H,6,13,16-17H2,1-5H3,(H3,28,29). The predicted octanol–water partition coefficient (Wildman–Crippen LogP) is 2.95. The maximum atomic E-state index is 12.9. The summed E-state index contributed by atoms with van der Waals surface area (Å²) in [6.45, 7) is 10.4. The zero-order chi connectivity index (χ0) is 26.0. The Hall–Kier alpha value is -3.83. The van der Waals surface area contributed by atoms with Gasteiger partial charge in [-0.05, 0) is 82.1 Å². The normalized spacial score (nSPS) is 10.3. The van der Waals surface area contributed by atoms with E-state index in [1.807, 2.05) is 52.0 Å². The number of anilines is 2. The number of nitrogens with zero attached hydrogens (tertiary/aromatic N) is 1. The molecule has 0 aromatic heterocycles. The molecule has 0 saturated carbocycles. The van der Waals surface area contributed by atoms with E-state index >= 15 is 0 Å². The molecule has 0 spiro atoms. The van der Waals surface area contributed by atoms with Gasteiger partial charge >= 0.3 is 5.97 Å². The van der Waals surface area contributed by atoms with Gasteiger partial charge in [0.05, 0.1) is 26.2 Å². The maximum absolute atomic E-state index is 12.9. The van der Waals surface area contributed by atoms with E-state index in [1.54, 1.807) is 24.0 Å². The molecule has 5 N–H and O–H groups in total. The van der Waals surface area contributed by atoms with E-state index in [2.05, 4.69) is 22.5 Å². The number of hydrogen-bond acceptors (Lipinski definition) is 6. The van der Waals surface area contributed by atoms with Crippen LogP contribution in [-0.4, -0.2) is 50.0 Å². The summed E-state index contributed by atoms with van der Waals surface area (Å²) in [5, 5.41) is 13.5. The Balaban J connectivity index is 2.07. The highest BCUT2D eigenvalue weighted by Gasteiger charge is 2.21. The van der Waals surface area contributed by atoms with Gasteiger partial charge < -0.3 is 20.7 Å². The number of benzene rings is 2. The van der Waals surface area contributed by atoms with E-state index in [1.165, 1.54) is 0 Å². The quantitative estimate of drug-likeness (QED) is 0.181. The molecule has 186 valence electrons. The molecule has 0 aliphatic rings. The van der Waals surface area contributed by atoms with Gasteiger partial charge in [-0.1, -0.05) is 11.8 Å². The van der Waals surface area contributed by atoms with Crippen molar-refractivity contribution in [1.29, 1.82) is 5.41 Å². The molecule has 8 heteroatoms. The lowest BCUT2D eigenvalue weighted by Gasteiger charge is -2.29. The van der Waals surface area contributed by atoms with Gasteiger partial charge in [0.15, 0.2) is 0 Å². The monoisotopic (exact) mass is 477 g/mol. The molecule has 8 nitrogen and oxygen atoms in total. The van der Waals surface area contributed by atoms with E-state index in [0.29, 0.717) is 18.7 Å². The van der Waals surface area contributed by atoms with Crippen molar-refractivity contribution in [3.63, 3.8) is 0 Å². The van der Waals surface area contributed by atoms with Crippen LogP contribution in [0, 0.1) is 31.1 Å². The Kier molecular flexibility index (Phi) is 10.3. The number of esters is 1. The Morgan fingerprint density at radius 1 is 1.11 bits per heavy atom. The molecule has 0 saturated heterocycles. The third-order valence-electron chi connectivity index (χ3n) is 5.24. The Labute approximate surface area is 207 Å². The Bertz CT molecular complexity index is 1110. The highest BCUT2D eigenvalue weighted by atomic mass is 16.5. The van der Waals surface area contributed by atoms with Crippen molar-refractivity contribution in [1.82, 2.24) is 5.32 Å². The molecule has 1 amide bonds. The molecule has 2 aromatic rings. The average Bonchev–Trinajstić information content (AvgIpc) is 2.80. The van der Waals surface area contributed by atoms with E-state index in [4.69, 9.17) is 15.9 Å². The number of rotatable bonds is 10. The lowest BCUT2D eigenvalue weighted by atomic mass is 10.0. The van der Waals surface area contributed by atoms with Crippen LogP contribution >= 0.6 is 0 Å². The number of ether oxygens (including phenoxy) is 1. The molecule has 2 aromatic carbocycles. The van der Waals surface area contributed by atoms with E-state index in [9.17, 15) is 9.59 Å². The van der Waals surface area contributed by atoms with Gasteiger partial charge in [-0.15, -0.1) is 0 Å². The molecule has 35 heavy (non-hydrogen) atoms. The summed E-state index contributed by atoms with van der Waals surface area (Å²) in [7, 11) is 0. The van der Waals surface area contributed by atoms with Crippen molar-refractivity contribution in [2.24, 2.45) is 5.73 Å². The molecular formula is C27H35N5O3. The second-order valence-corrected chi connectivity index (χ2v) is 8.37. The van der Waals surface area contributed by atoms with Crippen LogP contribution in [-0.2, 0) is 14.3 Å². The number of aryl methyl sites for hydroxylation is 2. The van der Waals surface area contributed by atoms with Crippen molar-refractivity contribution in [2.45, 2.75) is 40.7 Å². The SMILES string of the molecule is CCOC(=O)CNCC(=O)N(c1cc(C)c(C#CCNc2ccc(C(=N)N)cc2)cc1C)C(C)C. The predicted molar refractivity (Wildman–Crippen MR) is 141 cm³/mol. The van der Waals surface area contributed by atoms with Gasteiger partial charge in [0.25, 0.3) is 0 Å². The minimum atomic E-state index is -0.381. The summed E-state index contributed by atoms with van der Waals surface area (Å²) in [6, 6.07) is 11.2. The Morgan fingerprint density at radius 2 is 1.80 bits per heavy atom. The van der Waals surface area contributed by atoms with Crippen LogP contribution in [0.1, 0.15) is 43.0 Å². The Morgan fingerprint density at radius 3 is 2.40 bits per heavy atom. The smallest absolute Gasteiger partial charge is 0.319 e. The summed E-state index contributed by atoms with van der Waals surface area (Å²) in [4.78, 5) is 26.2. The number of nitrogens with two attached hydrogens (primary N) is 1. The number of nitrogens with one attached hydrogen (secondary N) is 3. The van der Waals surface area contributed by atoms with Crippen molar-refractivity contribution in [3.8, 4) is 11.8 Å². The van der Waals surface area contributed by atoms with Crippen LogP contribution in [0.25, 0.3) is 0 Å². The zero-order valence-electron chi connectivity index (χ0n) is 21.1.